The number of hydrogen-bond acceptors (Lipinski definition) is 7. The first kappa shape index (κ1) is 32.5. The van der Waals surface area contributed by atoms with E-state index in [2.05, 4.69) is 41.0 Å². The highest BCUT2D eigenvalue weighted by Gasteiger charge is 2.46. The van der Waals surface area contributed by atoms with Crippen molar-refractivity contribution < 1.29 is 31.5 Å². The summed E-state index contributed by atoms with van der Waals surface area (Å²) in [6.07, 6.45) is 4.99. The number of hydrogen-bond donors (Lipinski definition) is 1. The minimum absolute atomic E-state index is 0.00520. The predicted molar refractivity (Wildman–Crippen MR) is 157 cm³/mol. The molecule has 13 heteroatoms. The van der Waals surface area contributed by atoms with E-state index < -0.39 is 43.7 Å². The van der Waals surface area contributed by atoms with Gasteiger partial charge in [0.15, 0.2) is 25.7 Å². The molecule has 4 rings (SSSR count). The van der Waals surface area contributed by atoms with Crippen molar-refractivity contribution in [1.82, 2.24) is 19.9 Å². The van der Waals surface area contributed by atoms with Gasteiger partial charge in [0.25, 0.3) is 5.92 Å². The first-order valence-corrected chi connectivity index (χ1v) is 16.9. The third kappa shape index (κ3) is 7.76. The van der Waals surface area contributed by atoms with E-state index in [9.17, 15) is 22.4 Å². The lowest BCUT2D eigenvalue weighted by atomic mass is 9.87. The van der Waals surface area contributed by atoms with Crippen LogP contribution in [0.3, 0.4) is 0 Å². The van der Waals surface area contributed by atoms with Gasteiger partial charge in [-0.05, 0) is 48.8 Å². The van der Waals surface area contributed by atoms with Crippen LogP contribution in [0.5, 0.6) is 11.6 Å². The highest BCUT2D eigenvalue weighted by atomic mass is 28.4. The summed E-state index contributed by atoms with van der Waals surface area (Å²) in [5.74, 6) is -6.32. The van der Waals surface area contributed by atoms with Gasteiger partial charge in [-0.25, -0.2) is 27.5 Å². The molecule has 1 amide bonds. The number of piperidine rings is 1. The number of carbonyl (C=O) groups excluding carboxylic acids is 1. The first-order chi connectivity index (χ1) is 20.1. The molecule has 8 nitrogen and oxygen atoms in total. The fourth-order valence-electron chi connectivity index (χ4n) is 4.47. The lowest BCUT2D eigenvalue weighted by molar-refractivity contribution is -0.125. The molecule has 1 aliphatic heterocycles. The lowest BCUT2D eigenvalue weighted by Crippen LogP contribution is -2.52. The topological polar surface area (TPSA) is 89.5 Å². The van der Waals surface area contributed by atoms with Gasteiger partial charge in [-0.15, -0.1) is 0 Å². The molecule has 0 radical (unpaired) electrons. The van der Waals surface area contributed by atoms with Crippen LogP contribution in [0.4, 0.5) is 23.4 Å². The van der Waals surface area contributed by atoms with E-state index in [1.807, 2.05) is 13.1 Å². The molecule has 1 N–H and O–H groups in total. The molecular formula is C30H37F4N5O3Si. The highest BCUT2D eigenvalue weighted by Crippen LogP contribution is 2.41. The van der Waals surface area contributed by atoms with Crippen LogP contribution < -0.4 is 10.1 Å². The number of amides is 1. The number of rotatable bonds is 9. The molecule has 3 heterocycles. The third-order valence-corrected chi connectivity index (χ3v) is 12.7. The molecule has 43 heavy (non-hydrogen) atoms. The van der Waals surface area contributed by atoms with Gasteiger partial charge >= 0.3 is 0 Å². The normalized spacial score (nSPS) is 18.2. The summed E-state index contributed by atoms with van der Waals surface area (Å²) in [5.41, 5.74) is 0.651. The van der Waals surface area contributed by atoms with Gasteiger partial charge in [-0.3, -0.25) is 14.7 Å². The summed E-state index contributed by atoms with van der Waals surface area (Å²) in [6.45, 7) is 11.9. The minimum Gasteiger partial charge on any atom is -0.434 e. The number of likely N-dealkylation sites (tertiary alicyclic amines) is 1. The molecule has 232 valence electrons. The zero-order valence-corrected chi connectivity index (χ0v) is 26.1. The van der Waals surface area contributed by atoms with Gasteiger partial charge in [0.05, 0.1) is 31.0 Å². The Labute approximate surface area is 250 Å². The molecule has 0 unspecified atom stereocenters. The van der Waals surface area contributed by atoms with Crippen LogP contribution in [0.15, 0.2) is 49.1 Å². The maximum atomic E-state index is 14.8. The van der Waals surface area contributed by atoms with Crippen molar-refractivity contribution >= 4 is 20.0 Å². The molecule has 1 aliphatic rings. The van der Waals surface area contributed by atoms with E-state index in [-0.39, 0.29) is 54.2 Å². The van der Waals surface area contributed by atoms with Crippen LogP contribution in [0.1, 0.15) is 51.2 Å². The third-order valence-electron chi connectivity index (χ3n) is 8.26. The van der Waals surface area contributed by atoms with Gasteiger partial charge in [-0.2, -0.15) is 0 Å². The van der Waals surface area contributed by atoms with Gasteiger partial charge in [0.2, 0.25) is 11.8 Å². The van der Waals surface area contributed by atoms with Gasteiger partial charge in [0, 0.05) is 43.5 Å². The van der Waals surface area contributed by atoms with E-state index in [1.54, 1.807) is 24.0 Å². The van der Waals surface area contributed by atoms with Crippen LogP contribution in [-0.2, 0) is 15.8 Å². The molecule has 1 saturated heterocycles. The fourth-order valence-corrected chi connectivity index (χ4v) is 5.42. The average molecular weight is 620 g/mol. The van der Waals surface area contributed by atoms with Crippen LogP contribution in [-0.4, -0.2) is 59.1 Å². The number of nitrogens with one attached hydrogen (secondary N) is 1. The number of alkyl halides is 2. The summed E-state index contributed by atoms with van der Waals surface area (Å²) in [5, 5.41) is 2.53. The molecule has 0 spiro atoms. The highest BCUT2D eigenvalue weighted by molar-refractivity contribution is 6.74. The van der Waals surface area contributed by atoms with Gasteiger partial charge < -0.3 is 14.5 Å². The second-order valence-electron chi connectivity index (χ2n) is 12.3. The average Bonchev–Trinajstić information content (AvgIpc) is 2.93. The van der Waals surface area contributed by atoms with E-state index in [0.29, 0.717) is 11.6 Å². The van der Waals surface area contributed by atoms with E-state index >= 15 is 0 Å². The lowest BCUT2D eigenvalue weighted by Gasteiger charge is -2.40. The number of pyridine rings is 1. The quantitative estimate of drug-likeness (QED) is 0.206. The SMILES string of the molecule is C[C@@H](C(=O)Nc1cnc(Oc2c(F)cc(F)cc2CO[Si](C)(C)C(C)(C)C)cn1)N1CCC(F)(F)[C@@H](c2ccncc2)C1. The van der Waals surface area contributed by atoms with Crippen molar-refractivity contribution in [2.75, 3.05) is 18.4 Å². The number of anilines is 1. The summed E-state index contributed by atoms with van der Waals surface area (Å²) < 4.78 is 70.1. The molecule has 0 aliphatic carbocycles. The largest absolute Gasteiger partial charge is 0.434 e. The fraction of sp³-hybridized carbons (Fsp3) is 0.467. The summed E-state index contributed by atoms with van der Waals surface area (Å²) in [4.78, 5) is 26.8. The van der Waals surface area contributed by atoms with Crippen molar-refractivity contribution in [3.05, 3.63) is 71.8 Å². The zero-order chi connectivity index (χ0) is 31.6. The number of halogens is 4. The summed E-state index contributed by atoms with van der Waals surface area (Å²) in [7, 11) is -2.22. The van der Waals surface area contributed by atoms with Crippen molar-refractivity contribution in [3.8, 4) is 11.6 Å². The Hall–Kier alpha value is -3.42. The van der Waals surface area contributed by atoms with Crippen molar-refractivity contribution in [1.29, 1.82) is 0 Å². The smallest absolute Gasteiger partial charge is 0.257 e. The number of ether oxygens (including phenoxy) is 1. The maximum Gasteiger partial charge on any atom is 0.257 e. The Morgan fingerprint density at radius 2 is 1.86 bits per heavy atom. The number of aromatic nitrogens is 3. The molecule has 2 atom stereocenters. The zero-order valence-electron chi connectivity index (χ0n) is 25.1. The van der Waals surface area contributed by atoms with Gasteiger partial charge in [-0.1, -0.05) is 20.8 Å². The summed E-state index contributed by atoms with van der Waals surface area (Å²) in [6, 6.07) is 4.27. The summed E-state index contributed by atoms with van der Waals surface area (Å²) >= 11 is 0. The Morgan fingerprint density at radius 1 is 1.16 bits per heavy atom. The molecule has 0 saturated carbocycles. The molecule has 3 aromatic rings. The second-order valence-corrected chi connectivity index (χ2v) is 17.1. The number of nitrogens with zero attached hydrogens (tertiary/aromatic N) is 4. The molecule has 1 fully saturated rings. The van der Waals surface area contributed by atoms with Crippen LogP contribution in [0.25, 0.3) is 0 Å². The molecule has 1 aromatic carbocycles. The van der Waals surface area contributed by atoms with E-state index in [0.717, 1.165) is 6.07 Å². The van der Waals surface area contributed by atoms with E-state index in [1.165, 1.54) is 24.8 Å². The van der Waals surface area contributed by atoms with Gasteiger partial charge in [0.1, 0.15) is 5.82 Å². The Balaban J connectivity index is 1.41. The first-order valence-electron chi connectivity index (χ1n) is 14.0. The van der Waals surface area contributed by atoms with Crippen molar-refractivity contribution in [2.24, 2.45) is 0 Å². The Morgan fingerprint density at radius 3 is 2.49 bits per heavy atom. The van der Waals surface area contributed by atoms with Crippen LogP contribution in [0.2, 0.25) is 18.1 Å². The second kappa shape index (κ2) is 12.7. The minimum atomic E-state index is -2.91. The molecule has 2 aromatic heterocycles. The predicted octanol–water partition coefficient (Wildman–Crippen LogP) is 6.92. The standard InChI is InChI=1S/C30H37F4N5O3Si/c1-19(39-12-9-30(33,34)23(17-39)20-7-10-35-11-8-20)28(40)38-25-15-37-26(16-36-25)42-27-21(13-22(31)14-24(27)32)18-41-43(5,6)29(2,3)4/h7-8,10-11,13-16,19,23H,9,12,17-18H2,1-6H3,(H,36,38,40)/t19-,23+/m0/s1. The Kier molecular flexibility index (Phi) is 9.57. The van der Waals surface area contributed by atoms with E-state index in [4.69, 9.17) is 9.16 Å². The van der Waals surface area contributed by atoms with Crippen molar-refractivity contribution in [2.45, 2.75) is 76.7 Å². The van der Waals surface area contributed by atoms with Crippen LogP contribution in [0, 0.1) is 11.6 Å². The molecular weight excluding hydrogens is 582 g/mol. The monoisotopic (exact) mass is 619 g/mol. The Bertz CT molecular complexity index is 1420. The van der Waals surface area contributed by atoms with Crippen LogP contribution >= 0.6 is 0 Å². The van der Waals surface area contributed by atoms with Crippen molar-refractivity contribution in [3.63, 3.8) is 0 Å². The molecule has 0 bridgehead atoms. The number of benzene rings is 1. The maximum absolute atomic E-state index is 14.8. The number of carbonyl (C=O) groups is 1.